The van der Waals surface area contributed by atoms with E-state index in [1.807, 2.05) is 12.4 Å². The highest BCUT2D eigenvalue weighted by atomic mass is 16.5. The molecule has 162 valence electrons. The third kappa shape index (κ3) is 3.91. The topological polar surface area (TPSA) is 26.5 Å². The van der Waals surface area contributed by atoms with Gasteiger partial charge in [-0.1, -0.05) is 72.8 Å². The first kappa shape index (κ1) is 19.8. The number of rotatable bonds is 5. The van der Waals surface area contributed by atoms with E-state index in [0.717, 1.165) is 37.1 Å². The van der Waals surface area contributed by atoms with E-state index < -0.39 is 0 Å². The Hall–Kier alpha value is -3.85. The van der Waals surface area contributed by atoms with Gasteiger partial charge >= 0.3 is 0 Å². The predicted molar refractivity (Wildman–Crippen MR) is 133 cm³/mol. The van der Waals surface area contributed by atoms with Crippen LogP contribution in [0.3, 0.4) is 0 Å². The first-order chi connectivity index (χ1) is 16.3. The van der Waals surface area contributed by atoms with Gasteiger partial charge in [-0.3, -0.25) is 0 Å². The highest BCUT2D eigenvalue weighted by molar-refractivity contribution is 5.71. The normalized spacial score (nSPS) is 14.5. The van der Waals surface area contributed by atoms with E-state index >= 15 is 0 Å². The van der Waals surface area contributed by atoms with Gasteiger partial charge in [-0.2, -0.15) is 0 Å². The van der Waals surface area contributed by atoms with Crippen LogP contribution in [0, 0.1) is 0 Å². The Morgan fingerprint density at radius 3 is 2.24 bits per heavy atom. The molecule has 0 aliphatic carbocycles. The molecular formula is C30H26N2O. The molecule has 6 rings (SSSR count). The largest absolute Gasteiger partial charge is 0.486 e. The Morgan fingerprint density at radius 2 is 1.52 bits per heavy atom. The van der Waals surface area contributed by atoms with E-state index in [9.17, 15) is 0 Å². The van der Waals surface area contributed by atoms with Gasteiger partial charge < -0.3 is 9.14 Å². The van der Waals surface area contributed by atoms with E-state index in [4.69, 9.17) is 4.74 Å². The van der Waals surface area contributed by atoms with E-state index in [0.29, 0.717) is 0 Å². The summed E-state index contributed by atoms with van der Waals surface area (Å²) >= 11 is 0. The van der Waals surface area contributed by atoms with Crippen molar-refractivity contribution in [1.82, 2.24) is 9.38 Å². The van der Waals surface area contributed by atoms with Crippen LogP contribution in [0.15, 0.2) is 110 Å². The molecule has 3 heteroatoms. The molecule has 3 nitrogen and oxygen atoms in total. The van der Waals surface area contributed by atoms with Crippen molar-refractivity contribution in [3.63, 3.8) is 0 Å². The average Bonchev–Trinajstić information content (AvgIpc) is 3.33. The molecular weight excluding hydrogens is 404 g/mol. The second-order valence-electron chi connectivity index (χ2n) is 9.00. The first-order valence-electron chi connectivity index (χ1n) is 11.6. The van der Waals surface area contributed by atoms with Gasteiger partial charge in [0.15, 0.2) is 0 Å². The molecule has 0 fully saturated rings. The van der Waals surface area contributed by atoms with Crippen LogP contribution in [0.4, 0.5) is 0 Å². The monoisotopic (exact) mass is 430 g/mol. The van der Waals surface area contributed by atoms with E-state index in [1.54, 1.807) is 0 Å². The van der Waals surface area contributed by atoms with Gasteiger partial charge in [0.25, 0.3) is 0 Å². The van der Waals surface area contributed by atoms with Crippen molar-refractivity contribution in [2.45, 2.75) is 31.3 Å². The lowest BCUT2D eigenvalue weighted by Crippen LogP contribution is -2.44. The van der Waals surface area contributed by atoms with Crippen molar-refractivity contribution in [2.24, 2.45) is 0 Å². The van der Waals surface area contributed by atoms with Crippen LogP contribution in [0.5, 0.6) is 5.75 Å². The minimum Gasteiger partial charge on any atom is -0.486 e. The lowest BCUT2D eigenvalue weighted by molar-refractivity contribution is 0.0466. The maximum absolute atomic E-state index is 6.94. The zero-order valence-corrected chi connectivity index (χ0v) is 18.5. The second kappa shape index (κ2) is 8.25. The first-order valence-corrected chi connectivity index (χ1v) is 11.6. The molecule has 2 aromatic heterocycles. The molecule has 1 aliphatic heterocycles. The van der Waals surface area contributed by atoms with Crippen molar-refractivity contribution in [3.8, 4) is 16.9 Å². The van der Waals surface area contributed by atoms with E-state index in [1.165, 1.54) is 27.8 Å². The Bertz CT molecular complexity index is 1350. The number of fused-ring (bicyclic) bond motifs is 2. The lowest BCUT2D eigenvalue weighted by Gasteiger charge is -2.40. The number of imidazole rings is 1. The van der Waals surface area contributed by atoms with Gasteiger partial charge in [-0.05, 0) is 53.3 Å². The van der Waals surface area contributed by atoms with Crippen LogP contribution < -0.4 is 4.74 Å². The van der Waals surface area contributed by atoms with Crippen LogP contribution in [0.2, 0.25) is 0 Å². The fourth-order valence-corrected chi connectivity index (χ4v) is 5.15. The molecule has 5 aromatic rings. The highest BCUT2D eigenvalue weighted by Crippen LogP contribution is 2.41. The molecule has 0 spiro atoms. The average molecular weight is 431 g/mol. The highest BCUT2D eigenvalue weighted by Gasteiger charge is 2.37. The Kier molecular flexibility index (Phi) is 4.95. The van der Waals surface area contributed by atoms with Crippen LogP contribution in [0.1, 0.15) is 23.1 Å². The molecule has 0 radical (unpaired) electrons. The molecule has 0 atom stereocenters. The van der Waals surface area contributed by atoms with Crippen molar-refractivity contribution in [2.75, 3.05) is 0 Å². The second-order valence-corrected chi connectivity index (χ2v) is 9.00. The molecule has 0 bridgehead atoms. The minimum atomic E-state index is -0.261. The van der Waals surface area contributed by atoms with Crippen molar-refractivity contribution in [1.29, 1.82) is 0 Å². The smallest absolute Gasteiger partial charge is 0.136 e. The third-order valence-corrected chi connectivity index (χ3v) is 6.73. The van der Waals surface area contributed by atoms with E-state index in [-0.39, 0.29) is 5.60 Å². The summed E-state index contributed by atoms with van der Waals surface area (Å²) in [5.74, 6) is 1.01. The SMILES string of the molecule is c1ccc(CC2(Cc3ccccc3)CCc3c(cccc3-c3ccc4nccn4c3)O2)cc1. The van der Waals surface area contributed by atoms with Crippen LogP contribution in [-0.2, 0) is 19.3 Å². The molecule has 3 aromatic carbocycles. The van der Waals surface area contributed by atoms with Gasteiger partial charge in [-0.15, -0.1) is 0 Å². The predicted octanol–water partition coefficient (Wildman–Crippen LogP) is 6.55. The molecule has 33 heavy (non-hydrogen) atoms. The number of aromatic nitrogens is 2. The van der Waals surface area contributed by atoms with Crippen molar-refractivity contribution >= 4 is 5.65 Å². The molecule has 0 N–H and O–H groups in total. The standard InChI is InChI=1S/C30H26N2O/c1-3-8-23(9-4-1)20-30(21-24-10-5-2-6-11-24)17-16-27-26(12-7-13-28(27)33-30)25-14-15-29-31-18-19-32(29)22-25/h1-15,18-19,22H,16-17,20-21H2. The number of hydrogen-bond donors (Lipinski definition) is 0. The summed E-state index contributed by atoms with van der Waals surface area (Å²) in [7, 11) is 0. The summed E-state index contributed by atoms with van der Waals surface area (Å²) in [6.07, 6.45) is 9.76. The van der Waals surface area contributed by atoms with Crippen LogP contribution in [-0.4, -0.2) is 15.0 Å². The summed E-state index contributed by atoms with van der Waals surface area (Å²) in [6.45, 7) is 0. The summed E-state index contributed by atoms with van der Waals surface area (Å²) in [5.41, 5.74) is 7.08. The molecule has 0 amide bonds. The van der Waals surface area contributed by atoms with Gasteiger partial charge in [0.05, 0.1) is 0 Å². The number of ether oxygens (including phenoxy) is 1. The summed E-state index contributed by atoms with van der Waals surface area (Å²) in [6, 6.07) is 32.2. The molecule has 1 aliphatic rings. The van der Waals surface area contributed by atoms with Crippen LogP contribution >= 0.6 is 0 Å². The van der Waals surface area contributed by atoms with Crippen molar-refractivity contribution < 1.29 is 4.74 Å². The number of hydrogen-bond acceptors (Lipinski definition) is 2. The number of benzene rings is 3. The van der Waals surface area contributed by atoms with Gasteiger partial charge in [0.1, 0.15) is 17.0 Å². The zero-order chi connectivity index (χ0) is 22.1. The Labute approximate surface area is 194 Å². The Balaban J connectivity index is 1.38. The summed E-state index contributed by atoms with van der Waals surface area (Å²) in [5, 5.41) is 0. The Morgan fingerprint density at radius 1 is 0.788 bits per heavy atom. The third-order valence-electron chi connectivity index (χ3n) is 6.73. The molecule has 3 heterocycles. The fourth-order valence-electron chi connectivity index (χ4n) is 5.15. The maximum atomic E-state index is 6.94. The molecule has 0 saturated carbocycles. The van der Waals surface area contributed by atoms with Gasteiger partial charge in [0.2, 0.25) is 0 Å². The van der Waals surface area contributed by atoms with Crippen LogP contribution in [0.25, 0.3) is 16.8 Å². The van der Waals surface area contributed by atoms with Gasteiger partial charge in [-0.25, -0.2) is 4.98 Å². The quantitative estimate of drug-likeness (QED) is 0.316. The minimum absolute atomic E-state index is 0.261. The number of pyridine rings is 1. The summed E-state index contributed by atoms with van der Waals surface area (Å²) in [4.78, 5) is 4.38. The van der Waals surface area contributed by atoms with Crippen molar-refractivity contribution in [3.05, 3.63) is 126 Å². The zero-order valence-electron chi connectivity index (χ0n) is 18.5. The van der Waals surface area contributed by atoms with E-state index in [2.05, 4.69) is 107 Å². The molecule has 0 unspecified atom stereocenters. The molecule has 0 saturated heterocycles. The lowest BCUT2D eigenvalue weighted by atomic mass is 9.80. The maximum Gasteiger partial charge on any atom is 0.136 e. The summed E-state index contributed by atoms with van der Waals surface area (Å²) < 4.78 is 9.02. The fraction of sp³-hybridized carbons (Fsp3) is 0.167. The van der Waals surface area contributed by atoms with Gasteiger partial charge in [0, 0.05) is 37.0 Å². The number of nitrogens with zero attached hydrogens (tertiary/aromatic N) is 2.